The topological polar surface area (TPSA) is 44.6 Å². The molecule has 0 radical (unpaired) electrons. The van der Waals surface area contributed by atoms with Crippen LogP contribution >= 0.6 is 0 Å². The summed E-state index contributed by atoms with van der Waals surface area (Å²) in [6, 6.07) is 6.65. The molecule has 0 N–H and O–H groups in total. The third-order valence-corrected chi connectivity index (χ3v) is 6.46. The lowest BCUT2D eigenvalue weighted by molar-refractivity contribution is 0.151. The van der Waals surface area contributed by atoms with Crippen LogP contribution in [0.3, 0.4) is 0 Å². The molecule has 2 amide bonds. The molecule has 4 rings (SSSR count). The van der Waals surface area contributed by atoms with Gasteiger partial charge in [0.25, 0.3) is 0 Å². The second kappa shape index (κ2) is 7.78. The van der Waals surface area contributed by atoms with E-state index in [1.807, 2.05) is 21.8 Å². The van der Waals surface area contributed by atoms with Crippen molar-refractivity contribution in [3.63, 3.8) is 0 Å². The number of benzene rings is 1. The van der Waals surface area contributed by atoms with E-state index in [1.165, 1.54) is 17.3 Å². The summed E-state index contributed by atoms with van der Waals surface area (Å²) in [5.41, 5.74) is 3.37. The maximum atomic E-state index is 14.0. The number of nitrogens with zero attached hydrogens (tertiary/aromatic N) is 5. The smallest absolute Gasteiger partial charge is 0.320 e. The Balaban J connectivity index is 1.57. The number of fused-ring (bicyclic) bond motifs is 1. The fourth-order valence-corrected chi connectivity index (χ4v) is 5.04. The van der Waals surface area contributed by atoms with E-state index in [0.717, 1.165) is 31.7 Å². The molecule has 0 saturated carbocycles. The molecule has 2 aromatic rings. The van der Waals surface area contributed by atoms with Crippen molar-refractivity contribution in [3.8, 4) is 0 Å². The molecule has 2 aliphatic heterocycles. The fourth-order valence-electron chi connectivity index (χ4n) is 5.04. The molecular formula is C22H30FN5O. The van der Waals surface area contributed by atoms with Gasteiger partial charge in [0.05, 0.1) is 12.2 Å². The number of carbonyl (C=O) groups excluding carboxylic acids is 1. The summed E-state index contributed by atoms with van der Waals surface area (Å²) in [6.45, 7) is 8.53. The van der Waals surface area contributed by atoms with Gasteiger partial charge in [-0.2, -0.15) is 5.10 Å². The molecule has 7 heteroatoms. The minimum Gasteiger partial charge on any atom is -0.331 e. The summed E-state index contributed by atoms with van der Waals surface area (Å²) in [6.07, 6.45) is 1.97. The van der Waals surface area contributed by atoms with Crippen LogP contribution in [0.15, 0.2) is 30.5 Å². The van der Waals surface area contributed by atoms with Crippen molar-refractivity contribution in [2.24, 2.45) is 11.8 Å². The van der Waals surface area contributed by atoms with Crippen molar-refractivity contribution in [2.75, 3.05) is 33.7 Å². The van der Waals surface area contributed by atoms with Crippen LogP contribution in [-0.2, 0) is 13.1 Å². The Hall–Kier alpha value is -2.41. The Morgan fingerprint density at radius 3 is 2.72 bits per heavy atom. The Kier molecular flexibility index (Phi) is 5.34. The van der Waals surface area contributed by atoms with Crippen molar-refractivity contribution in [1.82, 2.24) is 24.5 Å². The van der Waals surface area contributed by atoms with Gasteiger partial charge < -0.3 is 9.80 Å². The molecule has 2 fully saturated rings. The number of amides is 2. The molecule has 0 aliphatic carbocycles. The van der Waals surface area contributed by atoms with Gasteiger partial charge in [0.2, 0.25) is 0 Å². The van der Waals surface area contributed by atoms with E-state index in [4.69, 9.17) is 0 Å². The average molecular weight is 400 g/mol. The van der Waals surface area contributed by atoms with E-state index in [2.05, 4.69) is 23.8 Å². The highest BCUT2D eigenvalue weighted by Crippen LogP contribution is 2.45. The van der Waals surface area contributed by atoms with Gasteiger partial charge in [-0.1, -0.05) is 12.1 Å². The van der Waals surface area contributed by atoms with Crippen LogP contribution in [0.2, 0.25) is 0 Å². The summed E-state index contributed by atoms with van der Waals surface area (Å²) >= 11 is 0. The van der Waals surface area contributed by atoms with Crippen molar-refractivity contribution in [3.05, 3.63) is 53.1 Å². The average Bonchev–Trinajstić information content (AvgIpc) is 3.34. The first-order valence-corrected chi connectivity index (χ1v) is 10.4. The minimum atomic E-state index is -0.249. The Bertz CT molecular complexity index is 895. The number of carbonyl (C=O) groups is 1. The third kappa shape index (κ3) is 3.64. The molecule has 156 valence electrons. The van der Waals surface area contributed by atoms with E-state index >= 15 is 0 Å². The predicted molar refractivity (Wildman–Crippen MR) is 110 cm³/mol. The molecule has 6 nitrogen and oxygen atoms in total. The molecule has 3 atom stereocenters. The van der Waals surface area contributed by atoms with Crippen LogP contribution in [-0.4, -0.2) is 64.2 Å². The zero-order valence-corrected chi connectivity index (χ0v) is 17.7. The Labute approximate surface area is 171 Å². The van der Waals surface area contributed by atoms with Crippen LogP contribution in [0.1, 0.15) is 29.8 Å². The number of aromatic nitrogens is 2. The molecule has 3 heterocycles. The molecule has 2 aliphatic rings. The first-order valence-electron chi connectivity index (χ1n) is 10.4. The third-order valence-electron chi connectivity index (χ3n) is 6.46. The SMILES string of the molecule is CCn1ncc(CN2C[C@@H]3CN(C(=O)N(C)C)[C@@H](c4cccc(F)c4)[C@@H]3C2)c1C. The van der Waals surface area contributed by atoms with E-state index in [9.17, 15) is 9.18 Å². The highest BCUT2D eigenvalue weighted by Gasteiger charge is 2.49. The fraction of sp³-hybridized carbons (Fsp3) is 0.545. The van der Waals surface area contributed by atoms with Crippen LogP contribution in [0.25, 0.3) is 0 Å². The number of urea groups is 1. The number of hydrogen-bond donors (Lipinski definition) is 0. The molecule has 0 spiro atoms. The number of aryl methyl sites for hydroxylation is 1. The summed E-state index contributed by atoms with van der Waals surface area (Å²) < 4.78 is 16.0. The van der Waals surface area contributed by atoms with Gasteiger partial charge in [0.1, 0.15) is 5.82 Å². The molecule has 0 unspecified atom stereocenters. The zero-order valence-electron chi connectivity index (χ0n) is 17.7. The second-order valence-electron chi connectivity index (χ2n) is 8.52. The maximum Gasteiger partial charge on any atom is 0.320 e. The zero-order chi connectivity index (χ0) is 20.7. The van der Waals surface area contributed by atoms with Crippen molar-refractivity contribution >= 4 is 6.03 Å². The molecule has 1 aromatic heterocycles. The van der Waals surface area contributed by atoms with Crippen LogP contribution in [0, 0.1) is 24.6 Å². The lowest BCUT2D eigenvalue weighted by atomic mass is 9.89. The predicted octanol–water partition coefficient (Wildman–Crippen LogP) is 3.14. The highest BCUT2D eigenvalue weighted by molar-refractivity contribution is 5.75. The molecule has 2 saturated heterocycles. The van der Waals surface area contributed by atoms with E-state index in [1.54, 1.807) is 31.1 Å². The van der Waals surface area contributed by atoms with Gasteiger partial charge in [-0.15, -0.1) is 0 Å². The van der Waals surface area contributed by atoms with Crippen molar-refractivity contribution in [2.45, 2.75) is 33.0 Å². The van der Waals surface area contributed by atoms with Crippen molar-refractivity contribution < 1.29 is 9.18 Å². The molecule has 29 heavy (non-hydrogen) atoms. The monoisotopic (exact) mass is 399 g/mol. The summed E-state index contributed by atoms with van der Waals surface area (Å²) in [4.78, 5) is 18.8. The molecule has 1 aromatic carbocycles. The largest absolute Gasteiger partial charge is 0.331 e. The summed E-state index contributed by atoms with van der Waals surface area (Å²) in [5.74, 6) is 0.455. The number of rotatable bonds is 4. The number of hydrogen-bond acceptors (Lipinski definition) is 3. The van der Waals surface area contributed by atoms with Crippen LogP contribution < -0.4 is 0 Å². The van der Waals surface area contributed by atoms with Gasteiger partial charge in [-0.25, -0.2) is 9.18 Å². The maximum absolute atomic E-state index is 14.0. The van der Waals surface area contributed by atoms with Gasteiger partial charge in [0, 0.05) is 64.0 Å². The Morgan fingerprint density at radius 2 is 2.07 bits per heavy atom. The lowest BCUT2D eigenvalue weighted by Gasteiger charge is -2.32. The quantitative estimate of drug-likeness (QED) is 0.793. The normalized spacial score (nSPS) is 24.2. The summed E-state index contributed by atoms with van der Waals surface area (Å²) in [5, 5.41) is 4.47. The highest BCUT2D eigenvalue weighted by atomic mass is 19.1. The first-order chi connectivity index (χ1) is 13.9. The summed E-state index contributed by atoms with van der Waals surface area (Å²) in [7, 11) is 3.55. The lowest BCUT2D eigenvalue weighted by Crippen LogP contribution is -2.41. The van der Waals surface area contributed by atoms with Crippen LogP contribution in [0.5, 0.6) is 0 Å². The van der Waals surface area contributed by atoms with Crippen LogP contribution in [0.4, 0.5) is 9.18 Å². The van der Waals surface area contributed by atoms with Gasteiger partial charge in [-0.05, 0) is 37.5 Å². The Morgan fingerprint density at radius 1 is 1.28 bits per heavy atom. The van der Waals surface area contributed by atoms with Gasteiger partial charge >= 0.3 is 6.03 Å². The second-order valence-corrected chi connectivity index (χ2v) is 8.52. The van der Waals surface area contributed by atoms with Gasteiger partial charge in [-0.3, -0.25) is 9.58 Å². The first kappa shape index (κ1) is 19.9. The number of halogens is 1. The minimum absolute atomic E-state index is 0.000257. The van der Waals surface area contributed by atoms with Gasteiger partial charge in [0.15, 0.2) is 0 Å². The van der Waals surface area contributed by atoms with E-state index in [0.29, 0.717) is 18.4 Å². The number of likely N-dealkylation sites (tertiary alicyclic amines) is 2. The standard InChI is InChI=1S/C22H30FN5O/c1-5-28-15(2)17(10-24-28)11-26-12-18-13-27(22(29)25(3)4)21(20(18)14-26)16-7-6-8-19(23)9-16/h6-10,18,20-21H,5,11-14H2,1-4H3/t18-,20-,21+/m1/s1. The molecule has 0 bridgehead atoms. The van der Waals surface area contributed by atoms with Crippen molar-refractivity contribution in [1.29, 1.82) is 0 Å². The van der Waals surface area contributed by atoms with E-state index < -0.39 is 0 Å². The molecular weight excluding hydrogens is 369 g/mol. The van der Waals surface area contributed by atoms with E-state index in [-0.39, 0.29) is 17.9 Å².